The van der Waals surface area contributed by atoms with Gasteiger partial charge in [-0.15, -0.1) is 22.9 Å². The van der Waals surface area contributed by atoms with Crippen LogP contribution in [0.25, 0.3) is 0 Å². The number of alkyl halides is 4. The van der Waals surface area contributed by atoms with Crippen molar-refractivity contribution in [1.82, 2.24) is 0 Å². The van der Waals surface area contributed by atoms with Gasteiger partial charge in [0.05, 0.1) is 11.8 Å². The number of hydrogen-bond acceptors (Lipinski definition) is 1. The van der Waals surface area contributed by atoms with E-state index in [2.05, 4.69) is 15.9 Å². The van der Waals surface area contributed by atoms with Gasteiger partial charge in [-0.3, -0.25) is 0 Å². The molecule has 14 heavy (non-hydrogen) atoms. The predicted octanol–water partition coefficient (Wildman–Crippen LogP) is 5.40. The maximum atomic E-state index is 12.0. The van der Waals surface area contributed by atoms with Gasteiger partial charge in [0.15, 0.2) is 0 Å². The molecule has 0 spiro atoms. The minimum absolute atomic E-state index is 0.410. The summed E-state index contributed by atoms with van der Waals surface area (Å²) in [6.07, 6.45) is -5.30. The lowest BCUT2D eigenvalue weighted by molar-refractivity contribution is -0.134. The highest BCUT2D eigenvalue weighted by molar-refractivity contribution is 9.10. The Morgan fingerprint density at radius 3 is 2.43 bits per heavy atom. The van der Waals surface area contributed by atoms with Crippen molar-refractivity contribution in [3.63, 3.8) is 0 Å². The van der Waals surface area contributed by atoms with Crippen LogP contribution in [0.4, 0.5) is 13.2 Å². The van der Waals surface area contributed by atoms with E-state index in [1.165, 1.54) is 6.07 Å². The van der Waals surface area contributed by atoms with Crippen molar-refractivity contribution in [2.45, 2.75) is 18.0 Å². The minimum atomic E-state index is -4.25. The summed E-state index contributed by atoms with van der Waals surface area (Å²) >= 11 is 15.4. The van der Waals surface area contributed by atoms with Crippen molar-refractivity contribution in [3.8, 4) is 0 Å². The monoisotopic (exact) mass is 326 g/mol. The van der Waals surface area contributed by atoms with Gasteiger partial charge >= 0.3 is 6.18 Å². The first-order valence-electron chi connectivity index (χ1n) is 3.45. The van der Waals surface area contributed by atoms with Crippen molar-refractivity contribution in [2.75, 3.05) is 0 Å². The molecular formula is C7H4BrCl2F3S. The Morgan fingerprint density at radius 2 is 2.07 bits per heavy atom. The molecule has 1 aromatic rings. The third kappa shape index (κ3) is 3.61. The van der Waals surface area contributed by atoms with E-state index in [1.807, 2.05) is 0 Å². The van der Waals surface area contributed by atoms with E-state index >= 15 is 0 Å². The number of hydrogen-bond donors (Lipinski definition) is 0. The maximum Gasteiger partial charge on any atom is 0.390 e. The van der Waals surface area contributed by atoms with E-state index in [1.54, 1.807) is 0 Å². The quantitative estimate of drug-likeness (QED) is 0.638. The molecule has 0 nitrogen and oxygen atoms in total. The van der Waals surface area contributed by atoms with Crippen molar-refractivity contribution in [1.29, 1.82) is 0 Å². The lowest BCUT2D eigenvalue weighted by atomic mass is 10.2. The van der Waals surface area contributed by atoms with Crippen LogP contribution in [0.2, 0.25) is 4.34 Å². The first kappa shape index (κ1) is 12.6. The molecule has 1 heterocycles. The van der Waals surface area contributed by atoms with Crippen LogP contribution in [-0.2, 0) is 0 Å². The average molecular weight is 328 g/mol. The summed E-state index contributed by atoms with van der Waals surface area (Å²) in [6.45, 7) is 0. The fraction of sp³-hybridized carbons (Fsp3) is 0.429. The van der Waals surface area contributed by atoms with Gasteiger partial charge in [-0.2, -0.15) is 13.2 Å². The van der Waals surface area contributed by atoms with Crippen LogP contribution in [0.15, 0.2) is 10.5 Å². The van der Waals surface area contributed by atoms with Gasteiger partial charge < -0.3 is 0 Å². The largest absolute Gasteiger partial charge is 0.390 e. The third-order valence-corrected chi connectivity index (χ3v) is 4.49. The molecule has 1 unspecified atom stereocenters. The molecule has 0 fully saturated rings. The molecule has 0 saturated heterocycles. The highest BCUT2D eigenvalue weighted by atomic mass is 79.9. The zero-order valence-corrected chi connectivity index (χ0v) is 10.5. The summed E-state index contributed by atoms with van der Waals surface area (Å²) in [5.74, 6) is 0. The highest BCUT2D eigenvalue weighted by Gasteiger charge is 2.32. The summed E-state index contributed by atoms with van der Waals surface area (Å²) in [7, 11) is 0. The van der Waals surface area contributed by atoms with Gasteiger partial charge in [-0.05, 0) is 22.0 Å². The van der Waals surface area contributed by atoms with Crippen LogP contribution >= 0.6 is 50.5 Å². The van der Waals surface area contributed by atoms with E-state index in [4.69, 9.17) is 23.2 Å². The summed E-state index contributed by atoms with van der Waals surface area (Å²) in [5.41, 5.74) is 0. The Balaban J connectivity index is 2.75. The number of rotatable bonds is 2. The summed E-state index contributed by atoms with van der Waals surface area (Å²) < 4.78 is 36.9. The van der Waals surface area contributed by atoms with Crippen molar-refractivity contribution in [2.24, 2.45) is 0 Å². The van der Waals surface area contributed by atoms with E-state index in [-0.39, 0.29) is 0 Å². The Morgan fingerprint density at radius 1 is 1.50 bits per heavy atom. The molecular weight excluding hydrogens is 324 g/mol. The van der Waals surface area contributed by atoms with Crippen LogP contribution in [0.5, 0.6) is 0 Å². The second-order valence-corrected chi connectivity index (χ2v) is 5.62. The second kappa shape index (κ2) is 4.60. The van der Waals surface area contributed by atoms with Gasteiger partial charge in [0, 0.05) is 9.35 Å². The molecule has 0 radical (unpaired) electrons. The van der Waals surface area contributed by atoms with Gasteiger partial charge in [-0.1, -0.05) is 11.6 Å². The predicted molar refractivity (Wildman–Crippen MR) is 56.3 cm³/mol. The fourth-order valence-corrected chi connectivity index (χ4v) is 2.91. The molecule has 0 aliphatic rings. The first-order chi connectivity index (χ1) is 6.29. The SMILES string of the molecule is FC(F)(F)CC(Cl)c1cc(Br)c(Cl)s1. The minimum Gasteiger partial charge on any atom is -0.171 e. The van der Waals surface area contributed by atoms with Crippen LogP contribution in [-0.4, -0.2) is 6.18 Å². The molecule has 80 valence electrons. The maximum absolute atomic E-state index is 12.0. The molecule has 0 aromatic carbocycles. The molecule has 0 aliphatic carbocycles. The van der Waals surface area contributed by atoms with E-state index in [9.17, 15) is 13.2 Å². The molecule has 1 atom stereocenters. The Kier molecular flexibility index (Phi) is 4.14. The zero-order chi connectivity index (χ0) is 10.9. The summed E-state index contributed by atoms with van der Waals surface area (Å²) in [5, 5.41) is -1.07. The Hall–Kier alpha value is 0.550. The highest BCUT2D eigenvalue weighted by Crippen LogP contribution is 2.41. The fourth-order valence-electron chi connectivity index (χ4n) is 0.821. The topological polar surface area (TPSA) is 0 Å². The molecule has 0 aliphatic heterocycles. The van der Waals surface area contributed by atoms with Crippen molar-refractivity contribution >= 4 is 50.5 Å². The van der Waals surface area contributed by atoms with Crippen LogP contribution in [0, 0.1) is 0 Å². The normalized spacial score (nSPS) is 14.4. The van der Waals surface area contributed by atoms with Gasteiger partial charge in [0.2, 0.25) is 0 Å². The lowest BCUT2D eigenvalue weighted by Gasteiger charge is -2.09. The smallest absolute Gasteiger partial charge is 0.171 e. The molecule has 1 aromatic heterocycles. The average Bonchev–Trinajstić information content (AvgIpc) is 2.28. The first-order valence-corrected chi connectivity index (χ1v) is 5.87. The van der Waals surface area contributed by atoms with E-state index in [0.29, 0.717) is 13.7 Å². The van der Waals surface area contributed by atoms with Crippen LogP contribution < -0.4 is 0 Å². The summed E-state index contributed by atoms with van der Waals surface area (Å²) in [6, 6.07) is 1.51. The molecule has 0 bridgehead atoms. The van der Waals surface area contributed by atoms with Crippen LogP contribution in [0.1, 0.15) is 16.7 Å². The van der Waals surface area contributed by atoms with Gasteiger partial charge in [0.1, 0.15) is 4.34 Å². The van der Waals surface area contributed by atoms with Crippen LogP contribution in [0.3, 0.4) is 0 Å². The second-order valence-electron chi connectivity index (χ2n) is 2.56. The van der Waals surface area contributed by atoms with Crippen molar-refractivity contribution < 1.29 is 13.2 Å². The van der Waals surface area contributed by atoms with Crippen molar-refractivity contribution in [3.05, 3.63) is 19.8 Å². The molecule has 1 rings (SSSR count). The number of thiophene rings is 1. The Bertz CT molecular complexity index is 304. The molecule has 0 amide bonds. The van der Waals surface area contributed by atoms with Gasteiger partial charge in [0.25, 0.3) is 0 Å². The standard InChI is InChI=1S/C7H4BrCl2F3S/c8-3-1-5(14-6(3)10)4(9)2-7(11,12)13/h1,4H,2H2. The van der Waals surface area contributed by atoms with Gasteiger partial charge in [-0.25, -0.2) is 0 Å². The molecule has 0 saturated carbocycles. The van der Waals surface area contributed by atoms with E-state index in [0.717, 1.165) is 11.3 Å². The number of halogens is 6. The molecule has 0 N–H and O–H groups in total. The lowest BCUT2D eigenvalue weighted by Crippen LogP contribution is -2.09. The Labute approximate surface area is 101 Å². The zero-order valence-electron chi connectivity index (χ0n) is 6.54. The van der Waals surface area contributed by atoms with E-state index < -0.39 is 18.0 Å². The summed E-state index contributed by atoms with van der Waals surface area (Å²) in [4.78, 5) is 0.417. The molecule has 7 heteroatoms. The third-order valence-electron chi connectivity index (χ3n) is 1.38.